The fourth-order valence-corrected chi connectivity index (χ4v) is 1.20. The largest absolute Gasteiger partial charge is 0.349 e. The van der Waals surface area contributed by atoms with Crippen LogP contribution in [0.15, 0.2) is 24.4 Å². The first kappa shape index (κ1) is 12.4. The SMILES string of the molecule is CC(C)C(=O)C(=O)NCCc1ccccn1. The zero-order valence-corrected chi connectivity index (χ0v) is 9.56. The lowest BCUT2D eigenvalue weighted by Crippen LogP contribution is -2.35. The van der Waals surface area contributed by atoms with E-state index in [1.54, 1.807) is 20.0 Å². The van der Waals surface area contributed by atoms with Crippen LogP contribution in [0.3, 0.4) is 0 Å². The maximum Gasteiger partial charge on any atom is 0.287 e. The van der Waals surface area contributed by atoms with E-state index < -0.39 is 5.91 Å². The lowest BCUT2D eigenvalue weighted by atomic mass is 10.1. The highest BCUT2D eigenvalue weighted by Crippen LogP contribution is 1.95. The Balaban J connectivity index is 2.31. The highest BCUT2D eigenvalue weighted by Gasteiger charge is 2.16. The number of ketones is 1. The zero-order chi connectivity index (χ0) is 12.0. The molecule has 0 unspecified atom stereocenters. The van der Waals surface area contributed by atoms with Gasteiger partial charge in [-0.25, -0.2) is 0 Å². The van der Waals surface area contributed by atoms with E-state index in [-0.39, 0.29) is 11.7 Å². The van der Waals surface area contributed by atoms with Crippen molar-refractivity contribution in [1.82, 2.24) is 10.3 Å². The van der Waals surface area contributed by atoms with Crippen molar-refractivity contribution < 1.29 is 9.59 Å². The van der Waals surface area contributed by atoms with Crippen LogP contribution in [0.5, 0.6) is 0 Å². The molecule has 0 atom stereocenters. The van der Waals surface area contributed by atoms with Crippen LogP contribution in [-0.2, 0) is 16.0 Å². The van der Waals surface area contributed by atoms with E-state index in [2.05, 4.69) is 10.3 Å². The van der Waals surface area contributed by atoms with E-state index in [0.717, 1.165) is 5.69 Å². The summed E-state index contributed by atoms with van der Waals surface area (Å²) in [5.74, 6) is -1.14. The van der Waals surface area contributed by atoms with Crippen LogP contribution in [-0.4, -0.2) is 23.2 Å². The number of carbonyl (C=O) groups is 2. The van der Waals surface area contributed by atoms with Gasteiger partial charge < -0.3 is 5.32 Å². The molecule has 0 aliphatic rings. The summed E-state index contributed by atoms with van der Waals surface area (Å²) in [7, 11) is 0. The second kappa shape index (κ2) is 6.00. The molecule has 1 aromatic heterocycles. The molecule has 0 aliphatic carbocycles. The van der Waals surface area contributed by atoms with Crippen molar-refractivity contribution in [2.24, 2.45) is 5.92 Å². The lowest BCUT2D eigenvalue weighted by molar-refractivity contribution is -0.139. The Labute approximate surface area is 95.1 Å². The minimum absolute atomic E-state index is 0.255. The van der Waals surface area contributed by atoms with Crippen molar-refractivity contribution in [2.45, 2.75) is 20.3 Å². The number of amides is 1. The maximum atomic E-state index is 11.3. The van der Waals surface area contributed by atoms with Crippen molar-refractivity contribution >= 4 is 11.7 Å². The van der Waals surface area contributed by atoms with Crippen LogP contribution in [0.2, 0.25) is 0 Å². The molecule has 16 heavy (non-hydrogen) atoms. The number of Topliss-reactive ketones (excluding diaryl/α,β-unsaturated/α-hetero) is 1. The third kappa shape index (κ3) is 3.81. The first-order valence-corrected chi connectivity index (χ1v) is 5.33. The van der Waals surface area contributed by atoms with Gasteiger partial charge in [0.1, 0.15) is 0 Å². The average Bonchev–Trinajstić information content (AvgIpc) is 2.29. The molecule has 0 bridgehead atoms. The van der Waals surface area contributed by atoms with Crippen molar-refractivity contribution in [3.8, 4) is 0 Å². The van der Waals surface area contributed by atoms with Gasteiger partial charge in [-0.3, -0.25) is 14.6 Å². The number of pyridine rings is 1. The monoisotopic (exact) mass is 220 g/mol. The van der Waals surface area contributed by atoms with Gasteiger partial charge in [0.25, 0.3) is 5.91 Å². The van der Waals surface area contributed by atoms with E-state index in [0.29, 0.717) is 13.0 Å². The van der Waals surface area contributed by atoms with Gasteiger partial charge in [-0.05, 0) is 12.1 Å². The fraction of sp³-hybridized carbons (Fsp3) is 0.417. The van der Waals surface area contributed by atoms with Gasteiger partial charge in [-0.1, -0.05) is 19.9 Å². The molecule has 0 radical (unpaired) electrons. The Bertz CT molecular complexity index is 361. The third-order valence-electron chi connectivity index (χ3n) is 2.14. The summed E-state index contributed by atoms with van der Waals surface area (Å²) in [5, 5.41) is 2.58. The van der Waals surface area contributed by atoms with Gasteiger partial charge in [0.05, 0.1) is 0 Å². The molecule has 1 rings (SSSR count). The van der Waals surface area contributed by atoms with Gasteiger partial charge in [0.2, 0.25) is 5.78 Å². The number of hydrogen-bond acceptors (Lipinski definition) is 3. The molecule has 0 saturated carbocycles. The number of rotatable bonds is 5. The number of carbonyl (C=O) groups excluding carboxylic acids is 2. The Morgan fingerprint density at radius 2 is 2.12 bits per heavy atom. The van der Waals surface area contributed by atoms with Crippen LogP contribution < -0.4 is 5.32 Å². The number of hydrogen-bond donors (Lipinski definition) is 1. The predicted octanol–water partition coefficient (Wildman–Crippen LogP) is 0.965. The molecule has 1 aromatic rings. The molecular formula is C12H16N2O2. The van der Waals surface area contributed by atoms with Crippen LogP contribution in [0, 0.1) is 5.92 Å². The number of nitrogens with zero attached hydrogens (tertiary/aromatic N) is 1. The molecule has 0 fully saturated rings. The van der Waals surface area contributed by atoms with Crippen molar-refractivity contribution in [3.05, 3.63) is 30.1 Å². The van der Waals surface area contributed by atoms with Crippen LogP contribution in [0.25, 0.3) is 0 Å². The Morgan fingerprint density at radius 1 is 1.38 bits per heavy atom. The lowest BCUT2D eigenvalue weighted by Gasteiger charge is -2.05. The van der Waals surface area contributed by atoms with Gasteiger partial charge in [-0.15, -0.1) is 0 Å². The topological polar surface area (TPSA) is 59.1 Å². The molecule has 0 aromatic carbocycles. The number of nitrogens with one attached hydrogen (secondary N) is 1. The summed E-state index contributed by atoms with van der Waals surface area (Å²) < 4.78 is 0. The normalized spacial score (nSPS) is 10.2. The molecule has 0 saturated heterocycles. The minimum Gasteiger partial charge on any atom is -0.349 e. The minimum atomic E-state index is -0.508. The summed E-state index contributed by atoms with van der Waals surface area (Å²) in [5.41, 5.74) is 0.903. The summed E-state index contributed by atoms with van der Waals surface area (Å²) in [4.78, 5) is 26.7. The summed E-state index contributed by atoms with van der Waals surface area (Å²) in [6.45, 7) is 3.86. The fourth-order valence-electron chi connectivity index (χ4n) is 1.20. The van der Waals surface area contributed by atoms with Gasteiger partial charge >= 0.3 is 0 Å². The Morgan fingerprint density at radius 3 is 2.69 bits per heavy atom. The average molecular weight is 220 g/mol. The molecule has 0 aliphatic heterocycles. The molecule has 1 N–H and O–H groups in total. The first-order chi connectivity index (χ1) is 7.61. The maximum absolute atomic E-state index is 11.3. The van der Waals surface area contributed by atoms with E-state index in [4.69, 9.17) is 0 Å². The molecule has 86 valence electrons. The Hall–Kier alpha value is -1.71. The van der Waals surface area contributed by atoms with Gasteiger partial charge in [0.15, 0.2) is 0 Å². The Kier molecular flexibility index (Phi) is 4.64. The van der Waals surface area contributed by atoms with E-state index >= 15 is 0 Å². The van der Waals surface area contributed by atoms with Crippen molar-refractivity contribution in [1.29, 1.82) is 0 Å². The molecule has 0 spiro atoms. The molecule has 4 nitrogen and oxygen atoms in total. The smallest absolute Gasteiger partial charge is 0.287 e. The molecule has 1 amide bonds. The summed E-state index contributed by atoms with van der Waals surface area (Å²) >= 11 is 0. The molecular weight excluding hydrogens is 204 g/mol. The van der Waals surface area contributed by atoms with Crippen molar-refractivity contribution in [2.75, 3.05) is 6.54 Å². The summed E-state index contributed by atoms with van der Waals surface area (Å²) in [6.07, 6.45) is 2.34. The van der Waals surface area contributed by atoms with Crippen LogP contribution in [0.4, 0.5) is 0 Å². The predicted molar refractivity (Wildman–Crippen MR) is 60.8 cm³/mol. The van der Waals surface area contributed by atoms with Crippen LogP contribution in [0.1, 0.15) is 19.5 Å². The molecule has 4 heteroatoms. The standard InChI is InChI=1S/C12H16N2O2/c1-9(2)11(15)12(16)14-8-6-10-5-3-4-7-13-10/h3-5,7,9H,6,8H2,1-2H3,(H,14,16). The highest BCUT2D eigenvalue weighted by molar-refractivity contribution is 6.36. The van der Waals surface area contributed by atoms with Gasteiger partial charge in [0, 0.05) is 30.8 Å². The van der Waals surface area contributed by atoms with Crippen LogP contribution >= 0.6 is 0 Å². The zero-order valence-electron chi connectivity index (χ0n) is 9.56. The number of aromatic nitrogens is 1. The first-order valence-electron chi connectivity index (χ1n) is 5.33. The third-order valence-corrected chi connectivity index (χ3v) is 2.14. The second-order valence-corrected chi connectivity index (χ2v) is 3.85. The summed E-state index contributed by atoms with van der Waals surface area (Å²) in [6, 6.07) is 5.62. The van der Waals surface area contributed by atoms with E-state index in [1.165, 1.54) is 0 Å². The highest BCUT2D eigenvalue weighted by atomic mass is 16.2. The second-order valence-electron chi connectivity index (χ2n) is 3.85. The van der Waals surface area contributed by atoms with E-state index in [9.17, 15) is 9.59 Å². The van der Waals surface area contributed by atoms with E-state index in [1.807, 2.05) is 18.2 Å². The van der Waals surface area contributed by atoms with Gasteiger partial charge in [-0.2, -0.15) is 0 Å². The van der Waals surface area contributed by atoms with Crippen molar-refractivity contribution in [3.63, 3.8) is 0 Å². The molecule has 1 heterocycles. The quantitative estimate of drug-likeness (QED) is 0.752.